The van der Waals surface area contributed by atoms with E-state index in [1.165, 1.54) is 6.92 Å². The van der Waals surface area contributed by atoms with Crippen LogP contribution < -0.4 is 5.32 Å². The summed E-state index contributed by atoms with van der Waals surface area (Å²) in [5, 5.41) is 2.24. The second kappa shape index (κ2) is 6.17. The van der Waals surface area contributed by atoms with Crippen molar-refractivity contribution in [2.75, 3.05) is 0 Å². The molecule has 0 aliphatic rings. The topological polar surface area (TPSA) is 72.5 Å². The standard InChI is InChI=1S/C14H25NO4/c1-8-14(6,7)12(18)19-9(2)10(16)15-11(17)13(3,4)5/h9H,8H2,1-7H3,(H,15,16,17). The van der Waals surface area contributed by atoms with Gasteiger partial charge in [-0.2, -0.15) is 0 Å². The van der Waals surface area contributed by atoms with E-state index in [4.69, 9.17) is 4.74 Å². The normalized spacial score (nSPS) is 13.6. The van der Waals surface area contributed by atoms with Crippen LogP contribution in [0.4, 0.5) is 0 Å². The molecule has 0 aliphatic carbocycles. The third-order valence-electron chi connectivity index (χ3n) is 3.01. The Hall–Kier alpha value is -1.39. The zero-order valence-electron chi connectivity index (χ0n) is 12.9. The van der Waals surface area contributed by atoms with E-state index in [0.717, 1.165) is 0 Å². The smallest absolute Gasteiger partial charge is 0.312 e. The van der Waals surface area contributed by atoms with Crippen LogP contribution in [0.1, 0.15) is 54.9 Å². The molecule has 5 nitrogen and oxygen atoms in total. The van der Waals surface area contributed by atoms with Gasteiger partial charge in [0.15, 0.2) is 6.10 Å². The number of imide groups is 1. The summed E-state index contributed by atoms with van der Waals surface area (Å²) in [5.74, 6) is -1.43. The van der Waals surface area contributed by atoms with E-state index in [-0.39, 0.29) is 0 Å². The number of nitrogens with one attached hydrogen (secondary N) is 1. The molecule has 19 heavy (non-hydrogen) atoms. The molecule has 0 saturated heterocycles. The van der Waals surface area contributed by atoms with Crippen molar-refractivity contribution < 1.29 is 19.1 Å². The SMILES string of the molecule is CCC(C)(C)C(=O)OC(C)C(=O)NC(=O)C(C)(C)C. The Bertz CT molecular complexity index is 366. The highest BCUT2D eigenvalue weighted by atomic mass is 16.5. The van der Waals surface area contributed by atoms with Crippen molar-refractivity contribution >= 4 is 17.8 Å². The van der Waals surface area contributed by atoms with Crippen molar-refractivity contribution in [3.05, 3.63) is 0 Å². The predicted octanol–water partition coefficient (Wildman–Crippen LogP) is 2.04. The molecule has 110 valence electrons. The molecule has 1 atom stereocenters. The number of hydrogen-bond donors (Lipinski definition) is 1. The number of ether oxygens (including phenoxy) is 1. The Morgan fingerprint density at radius 2 is 1.58 bits per heavy atom. The van der Waals surface area contributed by atoms with Gasteiger partial charge in [0.2, 0.25) is 5.91 Å². The molecule has 5 heteroatoms. The fourth-order valence-electron chi connectivity index (χ4n) is 0.919. The molecule has 0 fully saturated rings. The van der Waals surface area contributed by atoms with E-state index in [0.29, 0.717) is 6.42 Å². The summed E-state index contributed by atoms with van der Waals surface area (Å²) in [6.45, 7) is 11.9. The van der Waals surface area contributed by atoms with Gasteiger partial charge in [-0.05, 0) is 27.2 Å². The maximum atomic E-state index is 11.8. The number of esters is 1. The Morgan fingerprint density at radius 3 is 1.95 bits per heavy atom. The summed E-state index contributed by atoms with van der Waals surface area (Å²) < 4.78 is 5.08. The molecule has 2 amide bonds. The third-order valence-corrected chi connectivity index (χ3v) is 3.01. The van der Waals surface area contributed by atoms with E-state index < -0.39 is 34.7 Å². The molecule has 0 aliphatic heterocycles. The van der Waals surface area contributed by atoms with Crippen molar-refractivity contribution in [1.82, 2.24) is 5.32 Å². The molecule has 0 saturated carbocycles. The lowest BCUT2D eigenvalue weighted by Gasteiger charge is -2.24. The van der Waals surface area contributed by atoms with Crippen molar-refractivity contribution in [2.45, 2.75) is 61.0 Å². The molecule has 0 spiro atoms. The van der Waals surface area contributed by atoms with Crippen LogP contribution in [0.3, 0.4) is 0 Å². The average molecular weight is 271 g/mol. The maximum Gasteiger partial charge on any atom is 0.312 e. The lowest BCUT2D eigenvalue weighted by Crippen LogP contribution is -2.45. The second-order valence-electron chi connectivity index (χ2n) is 6.35. The number of rotatable bonds is 4. The van der Waals surface area contributed by atoms with Crippen LogP contribution in [0.2, 0.25) is 0 Å². The lowest BCUT2D eigenvalue weighted by molar-refractivity contribution is -0.164. The van der Waals surface area contributed by atoms with Crippen LogP contribution in [-0.2, 0) is 19.1 Å². The Morgan fingerprint density at radius 1 is 1.11 bits per heavy atom. The van der Waals surface area contributed by atoms with Gasteiger partial charge in [0.1, 0.15) is 0 Å². The minimum atomic E-state index is -0.982. The van der Waals surface area contributed by atoms with Gasteiger partial charge in [-0.15, -0.1) is 0 Å². The molecule has 0 bridgehead atoms. The minimum Gasteiger partial charge on any atom is -0.452 e. The molecule has 0 aromatic rings. The van der Waals surface area contributed by atoms with Crippen LogP contribution in [0.5, 0.6) is 0 Å². The molecule has 0 rings (SSSR count). The molecule has 0 heterocycles. The zero-order valence-corrected chi connectivity index (χ0v) is 12.9. The van der Waals surface area contributed by atoms with Crippen LogP contribution in [0.15, 0.2) is 0 Å². The molecule has 1 unspecified atom stereocenters. The predicted molar refractivity (Wildman–Crippen MR) is 72.2 cm³/mol. The quantitative estimate of drug-likeness (QED) is 0.794. The first-order chi connectivity index (χ1) is 8.41. The monoisotopic (exact) mass is 271 g/mol. The summed E-state index contributed by atoms with van der Waals surface area (Å²) in [6.07, 6.45) is -0.370. The van der Waals surface area contributed by atoms with Gasteiger partial charge in [0.05, 0.1) is 5.41 Å². The first-order valence-electron chi connectivity index (χ1n) is 6.48. The van der Waals surface area contributed by atoms with Crippen molar-refractivity contribution in [1.29, 1.82) is 0 Å². The molecular weight excluding hydrogens is 246 g/mol. The van der Waals surface area contributed by atoms with E-state index >= 15 is 0 Å². The lowest BCUT2D eigenvalue weighted by atomic mass is 9.90. The highest BCUT2D eigenvalue weighted by Crippen LogP contribution is 2.22. The van der Waals surface area contributed by atoms with Crippen LogP contribution in [0.25, 0.3) is 0 Å². The highest BCUT2D eigenvalue weighted by molar-refractivity contribution is 5.99. The number of amides is 2. The van der Waals surface area contributed by atoms with E-state index in [1.807, 2.05) is 6.92 Å². The Balaban J connectivity index is 4.53. The van der Waals surface area contributed by atoms with Crippen molar-refractivity contribution in [2.24, 2.45) is 10.8 Å². The summed E-state index contributed by atoms with van der Waals surface area (Å²) in [4.78, 5) is 35.2. The molecular formula is C14H25NO4. The largest absolute Gasteiger partial charge is 0.452 e. The summed E-state index contributed by atoms with van der Waals surface area (Å²) in [6, 6.07) is 0. The molecule has 0 radical (unpaired) electrons. The first-order valence-corrected chi connectivity index (χ1v) is 6.48. The van der Waals surface area contributed by atoms with Gasteiger partial charge in [0, 0.05) is 5.41 Å². The van der Waals surface area contributed by atoms with Gasteiger partial charge in [-0.3, -0.25) is 19.7 Å². The van der Waals surface area contributed by atoms with E-state index in [1.54, 1.807) is 34.6 Å². The highest BCUT2D eigenvalue weighted by Gasteiger charge is 2.31. The summed E-state index contributed by atoms with van der Waals surface area (Å²) in [7, 11) is 0. The summed E-state index contributed by atoms with van der Waals surface area (Å²) in [5.41, 5.74) is -1.30. The minimum absolute atomic E-state index is 0.393. The summed E-state index contributed by atoms with van der Waals surface area (Å²) >= 11 is 0. The van der Waals surface area contributed by atoms with Crippen molar-refractivity contribution in [3.63, 3.8) is 0 Å². The Labute approximate surface area is 115 Å². The van der Waals surface area contributed by atoms with Crippen LogP contribution in [-0.4, -0.2) is 23.9 Å². The van der Waals surface area contributed by atoms with Gasteiger partial charge in [-0.25, -0.2) is 0 Å². The van der Waals surface area contributed by atoms with Gasteiger partial charge >= 0.3 is 5.97 Å². The number of carbonyl (C=O) groups excluding carboxylic acids is 3. The molecule has 0 aromatic heterocycles. The molecule has 1 N–H and O–H groups in total. The maximum absolute atomic E-state index is 11.8. The van der Waals surface area contributed by atoms with Crippen molar-refractivity contribution in [3.8, 4) is 0 Å². The number of carbonyl (C=O) groups is 3. The van der Waals surface area contributed by atoms with Gasteiger partial charge in [0.25, 0.3) is 5.91 Å². The van der Waals surface area contributed by atoms with Gasteiger partial charge in [-0.1, -0.05) is 27.7 Å². The fraction of sp³-hybridized carbons (Fsp3) is 0.786. The Kier molecular flexibility index (Phi) is 5.72. The fourth-order valence-corrected chi connectivity index (χ4v) is 0.919. The average Bonchev–Trinajstić information content (AvgIpc) is 2.27. The van der Waals surface area contributed by atoms with E-state index in [2.05, 4.69) is 5.32 Å². The third kappa shape index (κ3) is 5.41. The zero-order chi connectivity index (χ0) is 15.4. The van der Waals surface area contributed by atoms with Gasteiger partial charge < -0.3 is 4.74 Å². The van der Waals surface area contributed by atoms with E-state index in [9.17, 15) is 14.4 Å². The van der Waals surface area contributed by atoms with Crippen LogP contribution >= 0.6 is 0 Å². The first kappa shape index (κ1) is 17.6. The second-order valence-corrected chi connectivity index (χ2v) is 6.35. The number of hydrogen-bond acceptors (Lipinski definition) is 4. The van der Waals surface area contributed by atoms with Crippen LogP contribution in [0, 0.1) is 10.8 Å². The molecule has 0 aromatic carbocycles.